The number of rotatable bonds is 3. The van der Waals surface area contributed by atoms with Gasteiger partial charge in [0.1, 0.15) is 4.88 Å². The Kier molecular flexibility index (Phi) is 5.09. The van der Waals surface area contributed by atoms with E-state index in [1.54, 1.807) is 12.1 Å². The molecule has 4 rings (SSSR count). The van der Waals surface area contributed by atoms with Crippen molar-refractivity contribution < 1.29 is 22.7 Å². The van der Waals surface area contributed by atoms with E-state index in [4.69, 9.17) is 38.4 Å². The molecular formula is C17H12ClN3O5S3. The zero-order valence-electron chi connectivity index (χ0n) is 14.4. The highest BCUT2D eigenvalue weighted by Gasteiger charge is 2.22. The summed E-state index contributed by atoms with van der Waals surface area (Å²) in [7, 11) is -3.79. The fourth-order valence-electron chi connectivity index (χ4n) is 2.65. The van der Waals surface area contributed by atoms with Crippen molar-refractivity contribution >= 4 is 72.0 Å². The van der Waals surface area contributed by atoms with Crippen LogP contribution in [0, 0.1) is 0 Å². The van der Waals surface area contributed by atoms with Crippen LogP contribution in [0.1, 0.15) is 9.67 Å². The van der Waals surface area contributed by atoms with E-state index in [-0.39, 0.29) is 16.8 Å². The van der Waals surface area contributed by atoms with Crippen LogP contribution in [0.4, 0.5) is 5.69 Å². The van der Waals surface area contributed by atoms with Crippen LogP contribution in [0.15, 0.2) is 41.3 Å². The number of thiophene rings is 1. The van der Waals surface area contributed by atoms with Crippen LogP contribution in [0.3, 0.4) is 0 Å². The number of ether oxygens (including phenoxy) is 2. The fourth-order valence-corrected chi connectivity index (χ4v) is 4.79. The number of carbonyl (C=O) groups excluding carboxylic acids is 1. The lowest BCUT2D eigenvalue weighted by Crippen LogP contribution is -2.33. The highest BCUT2D eigenvalue weighted by Crippen LogP contribution is 2.43. The number of sulfonamides is 1. The molecule has 0 spiro atoms. The predicted octanol–water partition coefficient (Wildman–Crippen LogP) is 3.06. The van der Waals surface area contributed by atoms with Gasteiger partial charge in [-0.3, -0.25) is 10.1 Å². The minimum Gasteiger partial charge on any atom is -0.454 e. The van der Waals surface area contributed by atoms with Crippen LogP contribution in [0.25, 0.3) is 10.1 Å². The first-order valence-corrected chi connectivity index (χ1v) is 11.1. The van der Waals surface area contributed by atoms with Crippen molar-refractivity contribution in [1.82, 2.24) is 5.32 Å². The fraction of sp³-hybridized carbons (Fsp3) is 0.0588. The number of hydrogen-bond donors (Lipinski definition) is 3. The Bertz CT molecular complexity index is 1260. The van der Waals surface area contributed by atoms with Gasteiger partial charge in [0, 0.05) is 21.8 Å². The van der Waals surface area contributed by atoms with Gasteiger partial charge >= 0.3 is 0 Å². The van der Waals surface area contributed by atoms with Gasteiger partial charge in [0.05, 0.1) is 9.92 Å². The maximum atomic E-state index is 12.6. The second kappa shape index (κ2) is 7.43. The van der Waals surface area contributed by atoms with Gasteiger partial charge in [-0.15, -0.1) is 11.3 Å². The van der Waals surface area contributed by atoms with E-state index in [0.717, 1.165) is 4.70 Å². The van der Waals surface area contributed by atoms with E-state index >= 15 is 0 Å². The molecule has 1 aromatic heterocycles. The first-order valence-electron chi connectivity index (χ1n) is 7.99. The predicted molar refractivity (Wildman–Crippen MR) is 114 cm³/mol. The Morgan fingerprint density at radius 1 is 1.17 bits per heavy atom. The Hall–Kier alpha value is -2.44. The van der Waals surface area contributed by atoms with Crippen LogP contribution in [0.5, 0.6) is 11.5 Å². The minimum absolute atomic E-state index is 0.0287. The summed E-state index contributed by atoms with van der Waals surface area (Å²) in [5.74, 6) is 0.698. The molecule has 4 N–H and O–H groups in total. The summed E-state index contributed by atoms with van der Waals surface area (Å²) in [4.78, 5) is 12.9. The van der Waals surface area contributed by atoms with Gasteiger partial charge < -0.3 is 14.8 Å². The summed E-state index contributed by atoms with van der Waals surface area (Å²) in [6.07, 6.45) is 0. The Morgan fingerprint density at radius 3 is 2.48 bits per heavy atom. The average Bonchev–Trinajstić information content (AvgIpc) is 3.23. The van der Waals surface area contributed by atoms with E-state index < -0.39 is 15.9 Å². The second-order valence-corrected chi connectivity index (χ2v) is 9.32. The number of carbonyl (C=O) groups is 1. The molecule has 0 radical (unpaired) electrons. The second-order valence-electron chi connectivity index (χ2n) is 5.92. The number of benzene rings is 2. The molecule has 12 heteroatoms. The van der Waals surface area contributed by atoms with Crippen LogP contribution in [-0.4, -0.2) is 26.2 Å². The third-order valence-electron chi connectivity index (χ3n) is 4.00. The lowest BCUT2D eigenvalue weighted by Gasteiger charge is -2.09. The number of primary sulfonamides is 1. The Morgan fingerprint density at radius 2 is 1.83 bits per heavy atom. The molecule has 150 valence electrons. The van der Waals surface area contributed by atoms with E-state index in [9.17, 15) is 13.2 Å². The number of fused-ring (bicyclic) bond motifs is 2. The smallest absolute Gasteiger partial charge is 0.269 e. The molecule has 1 aliphatic rings. The Labute approximate surface area is 179 Å². The van der Waals surface area contributed by atoms with Gasteiger partial charge in [-0.25, -0.2) is 13.6 Å². The van der Waals surface area contributed by atoms with Gasteiger partial charge in [-0.05, 0) is 42.5 Å². The number of thiocarbonyl (C=S) groups is 1. The lowest BCUT2D eigenvalue weighted by molar-refractivity contribution is 0.0982. The van der Waals surface area contributed by atoms with Crippen LogP contribution in [-0.2, 0) is 10.0 Å². The molecule has 8 nitrogen and oxygen atoms in total. The van der Waals surface area contributed by atoms with Crippen LogP contribution < -0.4 is 25.2 Å². The third-order valence-corrected chi connectivity index (χ3v) is 6.79. The van der Waals surface area contributed by atoms with Gasteiger partial charge in [-0.2, -0.15) is 0 Å². The zero-order chi connectivity index (χ0) is 20.8. The summed E-state index contributed by atoms with van der Waals surface area (Å²) in [5, 5.41) is 11.4. The number of anilines is 1. The average molecular weight is 470 g/mol. The molecular weight excluding hydrogens is 458 g/mol. The maximum Gasteiger partial charge on any atom is 0.269 e. The molecule has 0 fully saturated rings. The molecule has 2 aromatic carbocycles. The number of halogens is 1. The van der Waals surface area contributed by atoms with Crippen LogP contribution in [0.2, 0.25) is 5.02 Å². The molecule has 2 heterocycles. The van der Waals surface area contributed by atoms with E-state index in [1.165, 1.54) is 35.6 Å². The molecule has 0 unspecified atom stereocenters. The minimum atomic E-state index is -3.79. The van der Waals surface area contributed by atoms with Gasteiger partial charge in [0.2, 0.25) is 16.8 Å². The molecule has 0 bridgehead atoms. The standard InChI is InChI=1S/C17H12ClN3O5S3/c18-14-10-5-11-12(26-7-25-11)6-13(10)28-15(14)16(22)21-17(27)20-8-1-3-9(4-2-8)29(19,23)24/h1-6H,7H2,(H2,19,23,24)(H2,20,21,22,27). The van der Waals surface area contributed by atoms with Crippen molar-refractivity contribution in [1.29, 1.82) is 0 Å². The molecule has 0 saturated carbocycles. The number of amides is 1. The molecule has 1 aliphatic heterocycles. The summed E-state index contributed by atoms with van der Waals surface area (Å²) < 4.78 is 34.0. The number of hydrogen-bond acceptors (Lipinski definition) is 7. The van der Waals surface area contributed by atoms with Crippen molar-refractivity contribution in [3.8, 4) is 11.5 Å². The zero-order valence-corrected chi connectivity index (χ0v) is 17.6. The lowest BCUT2D eigenvalue weighted by atomic mass is 10.2. The summed E-state index contributed by atoms with van der Waals surface area (Å²) in [6, 6.07) is 9.12. The first kappa shape index (κ1) is 19.9. The topological polar surface area (TPSA) is 120 Å². The van der Waals surface area contributed by atoms with E-state index in [0.29, 0.717) is 32.5 Å². The van der Waals surface area contributed by atoms with Crippen molar-refractivity contribution in [2.45, 2.75) is 4.90 Å². The van der Waals surface area contributed by atoms with Gasteiger partial charge in [-0.1, -0.05) is 11.6 Å². The molecule has 0 saturated heterocycles. The maximum absolute atomic E-state index is 12.6. The SMILES string of the molecule is NS(=O)(=O)c1ccc(NC(=S)NC(=O)c2sc3cc4c(cc3c2Cl)OCO4)cc1. The van der Waals surface area contributed by atoms with Crippen molar-refractivity contribution in [2.24, 2.45) is 5.14 Å². The highest BCUT2D eigenvalue weighted by atomic mass is 35.5. The Balaban J connectivity index is 1.49. The van der Waals surface area contributed by atoms with Crippen molar-refractivity contribution in [3.63, 3.8) is 0 Å². The van der Waals surface area contributed by atoms with Crippen molar-refractivity contribution in [3.05, 3.63) is 46.3 Å². The van der Waals surface area contributed by atoms with Gasteiger partial charge in [0.25, 0.3) is 5.91 Å². The third kappa shape index (κ3) is 4.00. The molecule has 29 heavy (non-hydrogen) atoms. The van der Waals surface area contributed by atoms with Crippen molar-refractivity contribution in [2.75, 3.05) is 12.1 Å². The molecule has 0 aliphatic carbocycles. The molecule has 0 atom stereocenters. The first-order chi connectivity index (χ1) is 13.7. The summed E-state index contributed by atoms with van der Waals surface area (Å²) in [5.41, 5.74) is 0.482. The van der Waals surface area contributed by atoms with Crippen LogP contribution >= 0.6 is 35.2 Å². The normalized spacial score (nSPS) is 12.8. The monoisotopic (exact) mass is 469 g/mol. The highest BCUT2D eigenvalue weighted by molar-refractivity contribution is 7.89. The quantitative estimate of drug-likeness (QED) is 0.504. The van der Waals surface area contributed by atoms with Gasteiger partial charge in [0.15, 0.2) is 16.6 Å². The summed E-state index contributed by atoms with van der Waals surface area (Å²) >= 11 is 12.7. The number of nitrogens with two attached hydrogens (primary N) is 1. The number of nitrogens with one attached hydrogen (secondary N) is 2. The van der Waals surface area contributed by atoms with E-state index in [1.807, 2.05) is 0 Å². The van der Waals surface area contributed by atoms with E-state index in [2.05, 4.69) is 10.6 Å². The summed E-state index contributed by atoms with van der Waals surface area (Å²) in [6.45, 7) is 0.149. The molecule has 3 aromatic rings. The largest absolute Gasteiger partial charge is 0.454 e. The molecule has 1 amide bonds.